The highest BCUT2D eigenvalue weighted by atomic mass is 32.1. The molecule has 1 aliphatic carbocycles. The van der Waals surface area contributed by atoms with Gasteiger partial charge in [0.05, 0.1) is 18.9 Å². The van der Waals surface area contributed by atoms with Crippen LogP contribution in [0.2, 0.25) is 0 Å². The molecule has 6 nitrogen and oxygen atoms in total. The first kappa shape index (κ1) is 16.3. The molecule has 2 aliphatic heterocycles. The zero-order valence-corrected chi connectivity index (χ0v) is 14.1. The van der Waals surface area contributed by atoms with Gasteiger partial charge in [0, 0.05) is 39.0 Å². The van der Waals surface area contributed by atoms with E-state index in [1.54, 1.807) is 12.0 Å². The van der Waals surface area contributed by atoms with Crippen molar-refractivity contribution in [1.29, 1.82) is 0 Å². The summed E-state index contributed by atoms with van der Waals surface area (Å²) >= 11 is 5.27. The van der Waals surface area contributed by atoms with Gasteiger partial charge in [-0.2, -0.15) is 0 Å². The minimum atomic E-state index is -0.341. The summed E-state index contributed by atoms with van der Waals surface area (Å²) < 4.78 is 10.4. The Balaban J connectivity index is 1.76. The lowest BCUT2D eigenvalue weighted by molar-refractivity contribution is -0.128. The molecular weight excluding hydrogens is 314 g/mol. The Morgan fingerprint density at radius 2 is 2.17 bits per heavy atom. The van der Waals surface area contributed by atoms with Crippen LogP contribution < -0.4 is 0 Å². The maximum absolute atomic E-state index is 12.8. The maximum atomic E-state index is 12.8. The molecule has 3 aliphatic rings. The van der Waals surface area contributed by atoms with E-state index in [1.165, 1.54) is 0 Å². The van der Waals surface area contributed by atoms with Crippen molar-refractivity contribution in [2.45, 2.75) is 6.42 Å². The number of hydrogen-bond acceptors (Lipinski definition) is 5. The molecule has 124 valence electrons. The van der Waals surface area contributed by atoms with E-state index in [9.17, 15) is 4.79 Å². The fraction of sp³-hybridized carbons (Fsp3) is 0.562. The molecule has 1 saturated heterocycles. The van der Waals surface area contributed by atoms with E-state index in [2.05, 4.69) is 9.89 Å². The van der Waals surface area contributed by atoms with Crippen LogP contribution >= 0.6 is 12.2 Å². The number of carbonyl (C=O) groups is 1. The van der Waals surface area contributed by atoms with Crippen LogP contribution in [0.4, 0.5) is 0 Å². The van der Waals surface area contributed by atoms with Crippen molar-refractivity contribution in [1.82, 2.24) is 9.80 Å². The number of aliphatic imine (C=N–C) groups is 1. The average Bonchev–Trinajstić information content (AvgIpc) is 2.58. The second-order valence-electron chi connectivity index (χ2n) is 5.66. The quantitative estimate of drug-likeness (QED) is 0.554. The Morgan fingerprint density at radius 3 is 2.91 bits per heavy atom. The number of carbonyl (C=O) groups excluding carboxylic acids is 1. The number of ether oxygens (including phenoxy) is 2. The van der Waals surface area contributed by atoms with Crippen molar-refractivity contribution >= 4 is 28.9 Å². The summed E-state index contributed by atoms with van der Waals surface area (Å²) in [4.78, 5) is 21.1. The minimum Gasteiger partial charge on any atom is -0.385 e. The molecular formula is C16H21N3O3S. The molecule has 3 rings (SSSR count). The summed E-state index contributed by atoms with van der Waals surface area (Å²) in [7, 11) is 1.65. The predicted molar refractivity (Wildman–Crippen MR) is 91.3 cm³/mol. The van der Waals surface area contributed by atoms with Gasteiger partial charge in [-0.3, -0.25) is 9.69 Å². The molecule has 0 aromatic rings. The van der Waals surface area contributed by atoms with Gasteiger partial charge in [-0.1, -0.05) is 0 Å². The molecule has 0 aromatic carbocycles. The highest BCUT2D eigenvalue weighted by Crippen LogP contribution is 2.24. The van der Waals surface area contributed by atoms with Gasteiger partial charge in [0.25, 0.3) is 0 Å². The molecule has 0 N–H and O–H groups in total. The van der Waals surface area contributed by atoms with Gasteiger partial charge in [0.15, 0.2) is 0 Å². The van der Waals surface area contributed by atoms with Gasteiger partial charge < -0.3 is 14.4 Å². The van der Waals surface area contributed by atoms with Crippen molar-refractivity contribution in [2.75, 3.05) is 46.6 Å². The Bertz CT molecular complexity index is 579. The Kier molecular flexibility index (Phi) is 5.20. The topological polar surface area (TPSA) is 54.4 Å². The number of morpholine rings is 1. The van der Waals surface area contributed by atoms with Gasteiger partial charge in [-0.25, -0.2) is 4.99 Å². The molecule has 2 heterocycles. The number of methoxy groups -OCH3 is 1. The molecule has 1 atom stereocenters. The van der Waals surface area contributed by atoms with Crippen molar-refractivity contribution in [3.8, 4) is 0 Å². The van der Waals surface area contributed by atoms with E-state index in [1.807, 2.05) is 18.2 Å². The van der Waals surface area contributed by atoms with E-state index in [4.69, 9.17) is 21.7 Å². The molecule has 0 saturated carbocycles. The number of thiocarbonyl (C=S) groups is 1. The third kappa shape index (κ3) is 3.52. The normalized spacial score (nSPS) is 24.5. The van der Waals surface area contributed by atoms with Crippen molar-refractivity contribution in [3.05, 3.63) is 23.9 Å². The van der Waals surface area contributed by atoms with Crippen LogP contribution in [0.1, 0.15) is 6.42 Å². The highest BCUT2D eigenvalue weighted by molar-refractivity contribution is 7.80. The van der Waals surface area contributed by atoms with Crippen LogP contribution in [0, 0.1) is 5.92 Å². The van der Waals surface area contributed by atoms with E-state index in [-0.39, 0.29) is 11.8 Å². The number of fused-ring (bicyclic) bond motifs is 1. The Morgan fingerprint density at radius 1 is 1.39 bits per heavy atom. The summed E-state index contributed by atoms with van der Waals surface area (Å²) in [6.07, 6.45) is 6.66. The molecule has 7 heteroatoms. The van der Waals surface area contributed by atoms with Gasteiger partial charge >= 0.3 is 0 Å². The molecule has 1 fully saturated rings. The number of amides is 1. The molecule has 1 amide bonds. The van der Waals surface area contributed by atoms with Crippen molar-refractivity contribution in [3.63, 3.8) is 0 Å². The fourth-order valence-electron chi connectivity index (χ4n) is 2.93. The lowest BCUT2D eigenvalue weighted by Crippen LogP contribution is -2.47. The molecule has 0 aromatic heterocycles. The average molecular weight is 335 g/mol. The molecule has 0 spiro atoms. The molecule has 23 heavy (non-hydrogen) atoms. The number of rotatable bonds is 5. The first-order valence-electron chi connectivity index (χ1n) is 7.86. The molecule has 0 bridgehead atoms. The van der Waals surface area contributed by atoms with Gasteiger partial charge in [0.2, 0.25) is 11.0 Å². The van der Waals surface area contributed by atoms with Crippen LogP contribution in [-0.2, 0) is 14.3 Å². The van der Waals surface area contributed by atoms with Crippen LogP contribution in [0.25, 0.3) is 0 Å². The van der Waals surface area contributed by atoms with Crippen molar-refractivity contribution in [2.24, 2.45) is 10.9 Å². The zero-order chi connectivity index (χ0) is 16.2. The van der Waals surface area contributed by atoms with Crippen LogP contribution in [0.3, 0.4) is 0 Å². The Labute approximate surface area is 141 Å². The van der Waals surface area contributed by atoms with E-state index in [0.29, 0.717) is 18.3 Å². The van der Waals surface area contributed by atoms with Gasteiger partial charge in [-0.15, -0.1) is 0 Å². The first-order chi connectivity index (χ1) is 11.2. The zero-order valence-electron chi connectivity index (χ0n) is 13.2. The Hall–Kier alpha value is -1.57. The third-order valence-electron chi connectivity index (χ3n) is 4.18. The fourth-order valence-corrected chi connectivity index (χ4v) is 3.22. The summed E-state index contributed by atoms with van der Waals surface area (Å²) in [5.41, 5.74) is 1.80. The second-order valence-corrected chi connectivity index (χ2v) is 6.02. The maximum Gasteiger partial charge on any atom is 0.241 e. The minimum absolute atomic E-state index is 0.00575. The summed E-state index contributed by atoms with van der Waals surface area (Å²) in [5, 5.41) is 0.352. The number of hydrogen-bond donors (Lipinski definition) is 0. The van der Waals surface area contributed by atoms with E-state index < -0.39 is 0 Å². The van der Waals surface area contributed by atoms with Gasteiger partial charge in [0.1, 0.15) is 5.92 Å². The molecule has 1 unspecified atom stereocenters. The van der Waals surface area contributed by atoms with Crippen LogP contribution in [0.15, 0.2) is 28.9 Å². The van der Waals surface area contributed by atoms with E-state index in [0.717, 1.165) is 44.1 Å². The standard InChI is InChI=1S/C16H21N3O3S/c1-21-8-2-5-19-15(20)13-11-12(18-6-9-22-10-7-18)3-4-14(13)17-16(19)23/h3-4,11,13H,2,5-10H2,1H3. The van der Waals surface area contributed by atoms with Crippen LogP contribution in [-0.4, -0.2) is 73.1 Å². The number of allylic oxidation sites excluding steroid dienone is 2. The predicted octanol–water partition coefficient (Wildman–Crippen LogP) is 0.993. The monoisotopic (exact) mass is 335 g/mol. The number of nitrogens with zero attached hydrogens (tertiary/aromatic N) is 3. The largest absolute Gasteiger partial charge is 0.385 e. The van der Waals surface area contributed by atoms with Crippen molar-refractivity contribution < 1.29 is 14.3 Å². The summed E-state index contributed by atoms with van der Waals surface area (Å²) in [6.45, 7) is 4.28. The van der Waals surface area contributed by atoms with Crippen LogP contribution in [0.5, 0.6) is 0 Å². The smallest absolute Gasteiger partial charge is 0.241 e. The summed E-state index contributed by atoms with van der Waals surface area (Å²) in [6, 6.07) is 0. The molecule has 0 radical (unpaired) electrons. The lowest BCUT2D eigenvalue weighted by atomic mass is 9.93. The second kappa shape index (κ2) is 7.33. The SMILES string of the molecule is COCCCN1C(=O)C2C=C(N3CCOCC3)C=CC2=NC1=S. The first-order valence-corrected chi connectivity index (χ1v) is 8.27. The highest BCUT2D eigenvalue weighted by Gasteiger charge is 2.35. The lowest BCUT2D eigenvalue weighted by Gasteiger charge is -2.35. The summed E-state index contributed by atoms with van der Waals surface area (Å²) in [5.74, 6) is -0.335. The third-order valence-corrected chi connectivity index (χ3v) is 4.49. The van der Waals surface area contributed by atoms with E-state index >= 15 is 0 Å². The van der Waals surface area contributed by atoms with Gasteiger partial charge in [-0.05, 0) is 36.9 Å².